The van der Waals surface area contributed by atoms with E-state index >= 15 is 0 Å². The topological polar surface area (TPSA) is 52.6 Å². The van der Waals surface area contributed by atoms with Gasteiger partial charge in [0.05, 0.1) is 19.2 Å². The number of carbonyl (C=O) groups is 1. The Bertz CT molecular complexity index is 219. The van der Waals surface area contributed by atoms with Gasteiger partial charge in [0.2, 0.25) is 5.91 Å². The van der Waals surface area contributed by atoms with Crippen molar-refractivity contribution in [2.45, 2.75) is 39.3 Å². The fourth-order valence-corrected chi connectivity index (χ4v) is 1.99. The number of nitrogens with one attached hydrogen (secondary N) is 1. The molecular weight excluding hydrogens is 192 g/mol. The van der Waals surface area contributed by atoms with Crippen molar-refractivity contribution in [3.63, 3.8) is 0 Å². The largest absolute Gasteiger partial charge is 0.394 e. The van der Waals surface area contributed by atoms with E-state index in [4.69, 9.17) is 0 Å². The van der Waals surface area contributed by atoms with Gasteiger partial charge in [-0.25, -0.2) is 0 Å². The Morgan fingerprint density at radius 1 is 1.60 bits per heavy atom. The number of carbonyl (C=O) groups excluding carboxylic acids is 1. The minimum absolute atomic E-state index is 0.0199. The summed E-state index contributed by atoms with van der Waals surface area (Å²) in [4.78, 5) is 13.6. The van der Waals surface area contributed by atoms with Crippen LogP contribution < -0.4 is 5.32 Å². The van der Waals surface area contributed by atoms with Gasteiger partial charge in [-0.15, -0.1) is 0 Å². The Labute approximate surface area is 91.6 Å². The van der Waals surface area contributed by atoms with Gasteiger partial charge >= 0.3 is 0 Å². The Morgan fingerprint density at radius 2 is 2.27 bits per heavy atom. The van der Waals surface area contributed by atoms with Crippen molar-refractivity contribution in [2.24, 2.45) is 5.92 Å². The van der Waals surface area contributed by atoms with Crippen molar-refractivity contribution >= 4 is 5.91 Å². The van der Waals surface area contributed by atoms with Crippen molar-refractivity contribution in [2.75, 3.05) is 19.7 Å². The first-order chi connectivity index (χ1) is 7.06. The number of rotatable bonds is 4. The quantitative estimate of drug-likeness (QED) is 0.703. The molecule has 1 aliphatic heterocycles. The fraction of sp³-hybridized carbons (Fsp3) is 0.909. The molecule has 2 unspecified atom stereocenters. The lowest BCUT2D eigenvalue weighted by atomic mass is 10.0. The summed E-state index contributed by atoms with van der Waals surface area (Å²) in [6.45, 7) is 7.36. The van der Waals surface area contributed by atoms with Crippen LogP contribution in [0.1, 0.15) is 27.2 Å². The second kappa shape index (κ2) is 5.47. The Kier molecular flexibility index (Phi) is 4.54. The van der Waals surface area contributed by atoms with E-state index in [9.17, 15) is 9.90 Å². The fourth-order valence-electron chi connectivity index (χ4n) is 1.99. The SMILES string of the molecule is CC(C)NCC(=O)N1CCC(C)C1CO. The molecule has 2 N–H and O–H groups in total. The van der Waals surface area contributed by atoms with Gasteiger partial charge in [0.1, 0.15) is 0 Å². The van der Waals surface area contributed by atoms with E-state index in [-0.39, 0.29) is 18.6 Å². The first-order valence-electron chi connectivity index (χ1n) is 5.70. The number of aliphatic hydroxyl groups is 1. The summed E-state index contributed by atoms with van der Waals surface area (Å²) in [6.07, 6.45) is 0.999. The average Bonchev–Trinajstić information content (AvgIpc) is 2.55. The monoisotopic (exact) mass is 214 g/mol. The summed E-state index contributed by atoms with van der Waals surface area (Å²) in [6, 6.07) is 0.341. The number of nitrogens with zero attached hydrogens (tertiary/aromatic N) is 1. The molecule has 0 aromatic carbocycles. The van der Waals surface area contributed by atoms with Crippen LogP contribution in [-0.2, 0) is 4.79 Å². The van der Waals surface area contributed by atoms with Gasteiger partial charge < -0.3 is 15.3 Å². The Hall–Kier alpha value is -0.610. The molecule has 0 aromatic heterocycles. The molecule has 1 aliphatic rings. The van der Waals surface area contributed by atoms with Crippen molar-refractivity contribution in [1.82, 2.24) is 10.2 Å². The molecule has 88 valence electrons. The van der Waals surface area contributed by atoms with Gasteiger partial charge in [-0.1, -0.05) is 20.8 Å². The van der Waals surface area contributed by atoms with Crippen LogP contribution in [0.3, 0.4) is 0 Å². The van der Waals surface area contributed by atoms with E-state index in [1.807, 2.05) is 13.8 Å². The summed E-state index contributed by atoms with van der Waals surface area (Å²) in [5, 5.41) is 12.3. The molecular formula is C11H22N2O2. The lowest BCUT2D eigenvalue weighted by Crippen LogP contribution is -2.45. The molecule has 1 amide bonds. The summed E-state index contributed by atoms with van der Waals surface area (Å²) in [7, 11) is 0. The van der Waals surface area contributed by atoms with E-state index in [1.165, 1.54) is 0 Å². The minimum Gasteiger partial charge on any atom is -0.394 e. The van der Waals surface area contributed by atoms with Crippen LogP contribution >= 0.6 is 0 Å². The zero-order chi connectivity index (χ0) is 11.4. The Morgan fingerprint density at radius 3 is 2.80 bits per heavy atom. The number of hydrogen-bond donors (Lipinski definition) is 2. The van der Waals surface area contributed by atoms with Crippen molar-refractivity contribution in [3.05, 3.63) is 0 Å². The molecule has 4 nitrogen and oxygen atoms in total. The summed E-state index contributed by atoms with van der Waals surface area (Å²) >= 11 is 0. The standard InChI is InChI=1S/C11H22N2O2/c1-8(2)12-6-11(15)13-5-4-9(3)10(13)7-14/h8-10,12,14H,4-7H2,1-3H3. The van der Waals surface area contributed by atoms with Crippen LogP contribution in [-0.4, -0.2) is 47.7 Å². The van der Waals surface area contributed by atoms with E-state index in [1.54, 1.807) is 4.90 Å². The number of likely N-dealkylation sites (tertiary alicyclic amines) is 1. The number of amides is 1. The van der Waals surface area contributed by atoms with Crippen molar-refractivity contribution in [3.8, 4) is 0 Å². The van der Waals surface area contributed by atoms with Crippen LogP contribution in [0.2, 0.25) is 0 Å². The third-order valence-electron chi connectivity index (χ3n) is 3.05. The predicted molar refractivity (Wildman–Crippen MR) is 59.5 cm³/mol. The van der Waals surface area contributed by atoms with E-state index < -0.39 is 0 Å². The van der Waals surface area contributed by atoms with Gasteiger partial charge in [-0.3, -0.25) is 4.79 Å². The van der Waals surface area contributed by atoms with E-state index in [0.29, 0.717) is 18.5 Å². The highest BCUT2D eigenvalue weighted by Crippen LogP contribution is 2.23. The van der Waals surface area contributed by atoms with Crippen LogP contribution in [0.25, 0.3) is 0 Å². The molecule has 2 atom stereocenters. The first kappa shape index (κ1) is 12.5. The van der Waals surface area contributed by atoms with Crippen LogP contribution in [0.4, 0.5) is 0 Å². The first-order valence-corrected chi connectivity index (χ1v) is 5.70. The zero-order valence-corrected chi connectivity index (χ0v) is 9.86. The van der Waals surface area contributed by atoms with Crippen LogP contribution in [0.15, 0.2) is 0 Å². The van der Waals surface area contributed by atoms with Gasteiger partial charge in [0, 0.05) is 12.6 Å². The molecule has 1 fully saturated rings. The van der Waals surface area contributed by atoms with E-state index in [2.05, 4.69) is 12.2 Å². The normalized spacial score (nSPS) is 26.3. The molecule has 4 heteroatoms. The maximum absolute atomic E-state index is 11.8. The highest BCUT2D eigenvalue weighted by Gasteiger charge is 2.33. The summed E-state index contributed by atoms with van der Waals surface area (Å²) in [5.74, 6) is 0.519. The molecule has 1 rings (SSSR count). The van der Waals surface area contributed by atoms with Crippen LogP contribution in [0.5, 0.6) is 0 Å². The third-order valence-corrected chi connectivity index (χ3v) is 3.05. The molecule has 0 radical (unpaired) electrons. The van der Waals surface area contributed by atoms with Gasteiger partial charge in [0.15, 0.2) is 0 Å². The highest BCUT2D eigenvalue weighted by atomic mass is 16.3. The van der Waals surface area contributed by atoms with Gasteiger partial charge in [0.25, 0.3) is 0 Å². The summed E-state index contributed by atoms with van der Waals surface area (Å²) in [5.41, 5.74) is 0. The van der Waals surface area contributed by atoms with Gasteiger partial charge in [-0.2, -0.15) is 0 Å². The second-order valence-corrected chi connectivity index (χ2v) is 4.64. The zero-order valence-electron chi connectivity index (χ0n) is 9.86. The van der Waals surface area contributed by atoms with E-state index in [0.717, 1.165) is 13.0 Å². The molecule has 15 heavy (non-hydrogen) atoms. The lowest BCUT2D eigenvalue weighted by molar-refractivity contribution is -0.132. The number of aliphatic hydroxyl groups excluding tert-OH is 1. The minimum atomic E-state index is 0.0199. The van der Waals surface area contributed by atoms with Crippen molar-refractivity contribution in [1.29, 1.82) is 0 Å². The van der Waals surface area contributed by atoms with Gasteiger partial charge in [-0.05, 0) is 12.3 Å². The smallest absolute Gasteiger partial charge is 0.236 e. The molecule has 0 saturated carbocycles. The molecule has 0 bridgehead atoms. The predicted octanol–water partition coefficient (Wildman–Crippen LogP) is 0.214. The number of hydrogen-bond acceptors (Lipinski definition) is 3. The lowest BCUT2D eigenvalue weighted by Gasteiger charge is -2.25. The summed E-state index contributed by atoms with van der Waals surface area (Å²) < 4.78 is 0. The highest BCUT2D eigenvalue weighted by molar-refractivity contribution is 5.79. The van der Waals surface area contributed by atoms with Crippen molar-refractivity contribution < 1.29 is 9.90 Å². The maximum Gasteiger partial charge on any atom is 0.236 e. The molecule has 0 aromatic rings. The maximum atomic E-state index is 11.8. The van der Waals surface area contributed by atoms with Crippen LogP contribution in [0, 0.1) is 5.92 Å². The molecule has 1 saturated heterocycles. The average molecular weight is 214 g/mol. The Balaban J connectivity index is 2.45. The second-order valence-electron chi connectivity index (χ2n) is 4.64. The molecule has 1 heterocycles. The molecule has 0 aliphatic carbocycles. The molecule has 0 spiro atoms. The third kappa shape index (κ3) is 3.18.